The third-order valence-electron chi connectivity index (χ3n) is 13.5. The summed E-state index contributed by atoms with van der Waals surface area (Å²) in [5.74, 6) is 0.770. The number of Topliss-reactive ketones (excluding diaryl/α,β-unsaturated/α-hetero) is 1. The van der Waals surface area contributed by atoms with Crippen LogP contribution >= 0.6 is 23.5 Å². The number of carbonyl (C=O) groups is 2. The summed E-state index contributed by atoms with van der Waals surface area (Å²) in [6.07, 6.45) is 14.2. The van der Waals surface area contributed by atoms with Gasteiger partial charge in [-0.05, 0) is 81.8 Å². The van der Waals surface area contributed by atoms with Crippen LogP contribution in [-0.4, -0.2) is 91.2 Å². The highest BCUT2D eigenvalue weighted by molar-refractivity contribution is 8.20. The first-order chi connectivity index (χ1) is 27.5. The maximum atomic E-state index is 15.0. The number of unbranched alkanes of at least 4 members (excludes halogenated alkanes) is 1. The molecule has 5 saturated heterocycles. The highest BCUT2D eigenvalue weighted by Crippen LogP contribution is 2.58. The highest BCUT2D eigenvalue weighted by Gasteiger charge is 2.63. The third-order valence-corrected chi connectivity index (χ3v) is 22.3. The topological polar surface area (TPSA) is 98.8 Å². The first-order valence-electron chi connectivity index (χ1n) is 22.5. The first-order valence-corrected chi connectivity index (χ1v) is 26.3. The average molecular weight is 877 g/mol. The lowest BCUT2D eigenvalue weighted by molar-refractivity contribution is -0.365. The van der Waals surface area contributed by atoms with E-state index in [-0.39, 0.29) is 64.0 Å². The Hall–Kier alpha value is -0.963. The van der Waals surface area contributed by atoms with Crippen molar-refractivity contribution in [1.29, 1.82) is 0 Å². The Morgan fingerprint density at radius 3 is 2.36 bits per heavy atom. The van der Waals surface area contributed by atoms with Gasteiger partial charge in [0.25, 0.3) is 0 Å². The number of carbonyl (C=O) groups excluding carboxylic acids is 2. The molecule has 0 aliphatic carbocycles. The number of fused-ring (bicyclic) bond motifs is 1. The Morgan fingerprint density at radius 2 is 1.69 bits per heavy atom. The lowest BCUT2D eigenvalue weighted by Gasteiger charge is -2.54. The molecule has 0 saturated carbocycles. The largest absolute Gasteiger partial charge is 0.465 e. The van der Waals surface area contributed by atoms with E-state index in [1.807, 2.05) is 44.3 Å². The van der Waals surface area contributed by atoms with Crippen molar-refractivity contribution in [3.63, 3.8) is 0 Å². The van der Waals surface area contributed by atoms with Crippen molar-refractivity contribution in [2.24, 2.45) is 23.2 Å². The van der Waals surface area contributed by atoms with Crippen molar-refractivity contribution < 1.29 is 42.1 Å². The van der Waals surface area contributed by atoms with E-state index in [4.69, 9.17) is 32.5 Å². The maximum absolute atomic E-state index is 15.0. The molecule has 0 bridgehead atoms. The number of ether oxygens (including phenoxy) is 5. The summed E-state index contributed by atoms with van der Waals surface area (Å²) in [5, 5.41) is -0.235. The fourth-order valence-electron chi connectivity index (χ4n) is 10.5. The van der Waals surface area contributed by atoms with Gasteiger partial charge in [-0.3, -0.25) is 9.59 Å². The zero-order chi connectivity index (χ0) is 43.2. The molecule has 6 heterocycles. The van der Waals surface area contributed by atoms with E-state index in [1.165, 1.54) is 0 Å². The third kappa shape index (κ3) is 9.76. The molecule has 6 aliphatic rings. The van der Waals surface area contributed by atoms with Crippen LogP contribution in [0.2, 0.25) is 10.1 Å². The lowest BCUT2D eigenvalue weighted by Crippen LogP contribution is -2.63. The van der Waals surface area contributed by atoms with Crippen molar-refractivity contribution in [1.82, 2.24) is 0 Å². The van der Waals surface area contributed by atoms with Crippen LogP contribution in [-0.2, 0) is 42.1 Å². The maximum Gasteiger partial charge on any atom is 0.350 e. The monoisotopic (exact) mass is 876 g/mol. The Labute approximate surface area is 365 Å². The van der Waals surface area contributed by atoms with Crippen molar-refractivity contribution in [2.45, 2.75) is 197 Å². The van der Waals surface area contributed by atoms with Gasteiger partial charge in [-0.15, -0.1) is 23.5 Å². The number of thioether (sulfide) groups is 2. The first kappa shape index (κ1) is 47.5. The van der Waals surface area contributed by atoms with Crippen molar-refractivity contribution in [3.8, 4) is 0 Å². The highest BCUT2D eigenvalue weighted by atomic mass is 32.2. The SMILES string of the molecule is C=C1CO[Si](C(C)(C)C)(C(C)(C)C)O[C@H]1[C@@H](C)C[C@@H](C)C1(C(=O)[C@@H]2C[C@H]3O[C@@]4(CC[C@]5(CC=C[C@@H](/C=C/CCCOC(=O)C(C)(C)C)O5)O4)[C@H](C)C[C@H]3O2)SCCCS1. The van der Waals surface area contributed by atoms with Crippen LogP contribution in [0.5, 0.6) is 0 Å². The molecule has 0 N–H and O–H groups in total. The molecule has 59 heavy (non-hydrogen) atoms. The number of rotatable bonds is 11. The molecule has 6 aliphatic heterocycles. The summed E-state index contributed by atoms with van der Waals surface area (Å²) < 4.78 is 46.0. The van der Waals surface area contributed by atoms with Gasteiger partial charge in [0.1, 0.15) is 10.2 Å². The van der Waals surface area contributed by atoms with E-state index >= 15 is 4.79 Å². The van der Waals surface area contributed by atoms with Crippen molar-refractivity contribution in [2.75, 3.05) is 24.7 Å². The molecule has 334 valence electrons. The van der Waals surface area contributed by atoms with Crippen LogP contribution in [0.3, 0.4) is 0 Å². The van der Waals surface area contributed by atoms with Crippen LogP contribution in [0, 0.1) is 23.2 Å². The molecule has 0 amide bonds. The normalized spacial score (nSPS) is 35.9. The smallest absolute Gasteiger partial charge is 0.350 e. The molecule has 9 nitrogen and oxygen atoms in total. The van der Waals surface area contributed by atoms with Crippen LogP contribution in [0.4, 0.5) is 0 Å². The minimum Gasteiger partial charge on any atom is -0.465 e. The minimum absolute atomic E-state index is 0.0767. The van der Waals surface area contributed by atoms with Crippen LogP contribution < -0.4 is 0 Å². The minimum atomic E-state index is -2.69. The summed E-state index contributed by atoms with van der Waals surface area (Å²) in [6, 6.07) is 0. The second kappa shape index (κ2) is 17.9. The number of hydrogen-bond donors (Lipinski definition) is 0. The van der Waals surface area contributed by atoms with Gasteiger partial charge in [0, 0.05) is 41.7 Å². The van der Waals surface area contributed by atoms with Crippen molar-refractivity contribution in [3.05, 3.63) is 36.5 Å². The van der Waals surface area contributed by atoms with Gasteiger partial charge in [0.05, 0.1) is 43.0 Å². The molecule has 6 rings (SSSR count). The van der Waals surface area contributed by atoms with E-state index in [0.29, 0.717) is 26.1 Å². The van der Waals surface area contributed by atoms with Crippen LogP contribution in [0.15, 0.2) is 36.5 Å². The fourth-order valence-corrected chi connectivity index (χ4v) is 19.0. The Bertz CT molecular complexity index is 1570. The van der Waals surface area contributed by atoms with Crippen LogP contribution in [0.1, 0.15) is 141 Å². The fraction of sp³-hybridized carbons (Fsp3) is 0.830. The molecule has 0 aromatic carbocycles. The molecule has 0 aromatic rings. The molecule has 12 heteroatoms. The van der Waals surface area contributed by atoms with Gasteiger partial charge in [0.15, 0.2) is 17.4 Å². The molecule has 5 fully saturated rings. The van der Waals surface area contributed by atoms with Gasteiger partial charge >= 0.3 is 14.5 Å². The molecule has 0 aromatic heterocycles. The number of allylic oxidation sites excluding steroid dienone is 1. The molecule has 0 unspecified atom stereocenters. The van der Waals surface area contributed by atoms with E-state index in [2.05, 4.69) is 93.2 Å². The average Bonchev–Trinajstić information content (AvgIpc) is 3.72. The standard InChI is InChI=1S/C47H76O9S2Si/c1-31(39-32(2)30-51-59(55-39,43(8,9)10)44(11,12)13)27-34(4)47(57-25-18-26-58-47)40(48)38-29-37-36(52-38)28-33(3)46(54-37)23-22-45(56-46)21-17-20-35(53-45)19-15-14-16-24-50-41(49)42(5,6)7/h15,17,19-20,31,33-39H,2,14,16,18,21-30H2,1,3-13H3/b19-15+/t31-,33+,34+,35+,36+,37+,38-,39-,45-,46+/m0/s1. The van der Waals surface area contributed by atoms with E-state index in [9.17, 15) is 4.79 Å². The summed E-state index contributed by atoms with van der Waals surface area (Å²) in [7, 11) is -2.69. The molecular weight excluding hydrogens is 801 g/mol. The number of hydrogen-bond acceptors (Lipinski definition) is 11. The van der Waals surface area contributed by atoms with Gasteiger partial charge in [-0.1, -0.05) is 93.2 Å². The zero-order valence-corrected chi connectivity index (χ0v) is 41.0. The van der Waals surface area contributed by atoms with Gasteiger partial charge in [0.2, 0.25) is 0 Å². The summed E-state index contributed by atoms with van der Waals surface area (Å²) in [5.41, 5.74) is 0.508. The van der Waals surface area contributed by atoms with Gasteiger partial charge < -0.3 is 32.5 Å². The number of esters is 1. The van der Waals surface area contributed by atoms with E-state index < -0.39 is 35.7 Å². The molecule has 10 atom stereocenters. The summed E-state index contributed by atoms with van der Waals surface area (Å²) in [4.78, 5) is 27.1. The van der Waals surface area contributed by atoms with E-state index in [0.717, 1.165) is 62.0 Å². The predicted octanol–water partition coefficient (Wildman–Crippen LogP) is 10.9. The summed E-state index contributed by atoms with van der Waals surface area (Å²) in [6.45, 7) is 31.2. The van der Waals surface area contributed by atoms with Crippen molar-refractivity contribution >= 4 is 43.8 Å². The Morgan fingerprint density at radius 1 is 1.00 bits per heavy atom. The Balaban J connectivity index is 1.08. The molecule has 2 spiro atoms. The summed E-state index contributed by atoms with van der Waals surface area (Å²) >= 11 is 3.66. The second-order valence-corrected chi connectivity index (χ2v) is 29.2. The van der Waals surface area contributed by atoms with Gasteiger partial charge in [-0.25, -0.2) is 0 Å². The quantitative estimate of drug-likeness (QED) is 0.0859. The molecular formula is C47H76O9S2Si. The molecule has 0 radical (unpaired) electrons. The van der Waals surface area contributed by atoms with Crippen LogP contribution in [0.25, 0.3) is 0 Å². The van der Waals surface area contributed by atoms with E-state index in [1.54, 1.807) is 0 Å². The lowest BCUT2D eigenvalue weighted by atomic mass is 9.85. The zero-order valence-electron chi connectivity index (χ0n) is 38.3. The second-order valence-electron chi connectivity index (χ2n) is 21.5. The Kier molecular flexibility index (Phi) is 14.4. The predicted molar refractivity (Wildman–Crippen MR) is 240 cm³/mol. The number of ketones is 1. The van der Waals surface area contributed by atoms with Gasteiger partial charge in [-0.2, -0.15) is 0 Å².